The molecule has 2 aromatic rings. The Balaban J connectivity index is 1.56. The smallest absolute Gasteiger partial charge is 0.258 e. The average molecular weight is 277 g/mol. The summed E-state index contributed by atoms with van der Waals surface area (Å²) in [7, 11) is 1.88. The van der Waals surface area contributed by atoms with Gasteiger partial charge in [-0.05, 0) is 18.2 Å². The van der Waals surface area contributed by atoms with Crippen molar-refractivity contribution in [3.8, 4) is 0 Å². The van der Waals surface area contributed by atoms with Crippen molar-refractivity contribution in [3.63, 3.8) is 0 Å². The second kappa shape index (κ2) is 3.37. The van der Waals surface area contributed by atoms with Crippen molar-refractivity contribution < 1.29 is 13.6 Å². The zero-order valence-corrected chi connectivity index (χ0v) is 10.9. The van der Waals surface area contributed by atoms with Crippen LogP contribution < -0.4 is 0 Å². The lowest BCUT2D eigenvalue weighted by Gasteiger charge is -2.39. The number of imidazole rings is 1. The fourth-order valence-electron chi connectivity index (χ4n) is 3.00. The van der Waals surface area contributed by atoms with E-state index in [4.69, 9.17) is 0 Å². The van der Waals surface area contributed by atoms with Crippen LogP contribution in [-0.4, -0.2) is 39.4 Å². The van der Waals surface area contributed by atoms with E-state index in [1.165, 1.54) is 4.90 Å². The molecular formula is C14H13F2N3O. The van der Waals surface area contributed by atoms with Crippen LogP contribution in [0.4, 0.5) is 8.78 Å². The van der Waals surface area contributed by atoms with E-state index in [9.17, 15) is 13.6 Å². The van der Waals surface area contributed by atoms with Gasteiger partial charge in [-0.1, -0.05) is 0 Å². The minimum absolute atomic E-state index is 0.0803. The van der Waals surface area contributed by atoms with E-state index in [1.807, 2.05) is 17.7 Å². The van der Waals surface area contributed by atoms with Gasteiger partial charge in [0.05, 0.1) is 22.8 Å². The lowest BCUT2D eigenvalue weighted by molar-refractivity contribution is -0.0152. The molecule has 0 atom stereocenters. The van der Waals surface area contributed by atoms with Gasteiger partial charge in [0.1, 0.15) is 0 Å². The minimum atomic E-state index is -2.57. The molecule has 0 radical (unpaired) electrons. The summed E-state index contributed by atoms with van der Waals surface area (Å²) in [5.41, 5.74) is 1.27. The summed E-state index contributed by atoms with van der Waals surface area (Å²) in [5, 5.41) is 0. The topological polar surface area (TPSA) is 38.1 Å². The van der Waals surface area contributed by atoms with Gasteiger partial charge in [0.15, 0.2) is 0 Å². The van der Waals surface area contributed by atoms with Crippen molar-refractivity contribution in [3.05, 3.63) is 30.1 Å². The molecule has 2 heterocycles. The fraction of sp³-hybridized carbons (Fsp3) is 0.429. The lowest BCUT2D eigenvalue weighted by atomic mass is 9.95. The Bertz CT molecular complexity index is 731. The fourth-order valence-corrected chi connectivity index (χ4v) is 3.00. The van der Waals surface area contributed by atoms with Gasteiger partial charge in [0.2, 0.25) is 0 Å². The van der Waals surface area contributed by atoms with Gasteiger partial charge >= 0.3 is 0 Å². The molecule has 1 aromatic heterocycles. The average Bonchev–Trinajstić information content (AvgIpc) is 2.77. The molecule has 6 heteroatoms. The van der Waals surface area contributed by atoms with Crippen molar-refractivity contribution in [2.45, 2.75) is 12.3 Å². The normalized spacial score (nSPS) is 22.1. The molecule has 2 aliphatic rings. The lowest BCUT2D eigenvalue weighted by Crippen LogP contribution is -2.54. The minimum Gasteiger partial charge on any atom is -0.337 e. The van der Waals surface area contributed by atoms with Crippen LogP contribution in [-0.2, 0) is 7.05 Å². The van der Waals surface area contributed by atoms with Crippen LogP contribution >= 0.6 is 0 Å². The Morgan fingerprint density at radius 1 is 1.35 bits per heavy atom. The van der Waals surface area contributed by atoms with E-state index in [1.54, 1.807) is 18.5 Å². The zero-order chi connectivity index (χ0) is 14.1. The number of hydrogen-bond donors (Lipinski definition) is 0. The first kappa shape index (κ1) is 11.8. The second-order valence-corrected chi connectivity index (χ2v) is 5.88. The molecular weight excluding hydrogens is 264 g/mol. The number of aryl methyl sites for hydroxylation is 1. The van der Waals surface area contributed by atoms with Crippen LogP contribution in [0.25, 0.3) is 11.0 Å². The molecule has 4 nitrogen and oxygen atoms in total. The number of benzene rings is 1. The van der Waals surface area contributed by atoms with Crippen LogP contribution in [0.2, 0.25) is 0 Å². The maximum Gasteiger partial charge on any atom is 0.258 e. The highest BCUT2D eigenvalue weighted by Crippen LogP contribution is 2.65. The summed E-state index contributed by atoms with van der Waals surface area (Å²) >= 11 is 0. The highest BCUT2D eigenvalue weighted by molar-refractivity contribution is 5.98. The van der Waals surface area contributed by atoms with E-state index in [0.29, 0.717) is 5.56 Å². The van der Waals surface area contributed by atoms with E-state index in [2.05, 4.69) is 4.98 Å². The van der Waals surface area contributed by atoms with Gasteiger partial charge in [-0.3, -0.25) is 4.79 Å². The molecule has 1 saturated heterocycles. The standard InChI is InChI=1S/C14H13F2N3O/c1-18-8-17-10-4-9(2-3-11(10)18)12(20)19-6-13(7-19)5-14(13,15)16/h2-4,8H,5-7H2,1H3. The number of likely N-dealkylation sites (tertiary alicyclic amines) is 1. The molecule has 0 N–H and O–H groups in total. The van der Waals surface area contributed by atoms with E-state index in [0.717, 1.165) is 11.0 Å². The first-order valence-electron chi connectivity index (χ1n) is 6.50. The van der Waals surface area contributed by atoms with Crippen molar-refractivity contribution in [1.82, 2.24) is 14.5 Å². The van der Waals surface area contributed by atoms with Crippen molar-refractivity contribution in [2.75, 3.05) is 13.1 Å². The quantitative estimate of drug-likeness (QED) is 0.800. The van der Waals surface area contributed by atoms with Gasteiger partial charge in [0, 0.05) is 32.1 Å². The maximum atomic E-state index is 13.1. The molecule has 1 aromatic carbocycles. The Labute approximate surface area is 114 Å². The van der Waals surface area contributed by atoms with Crippen LogP contribution in [0.1, 0.15) is 16.8 Å². The SMILES string of the molecule is Cn1cnc2cc(C(=O)N3CC4(C3)CC4(F)F)ccc21. The van der Waals surface area contributed by atoms with Gasteiger partial charge in [-0.25, -0.2) is 13.8 Å². The Morgan fingerprint density at radius 3 is 2.70 bits per heavy atom. The molecule has 1 saturated carbocycles. The van der Waals surface area contributed by atoms with Gasteiger partial charge < -0.3 is 9.47 Å². The summed E-state index contributed by atoms with van der Waals surface area (Å²) in [5.74, 6) is -2.76. The number of hydrogen-bond acceptors (Lipinski definition) is 2. The number of fused-ring (bicyclic) bond motifs is 1. The highest BCUT2D eigenvalue weighted by atomic mass is 19.3. The number of nitrogens with zero attached hydrogens (tertiary/aromatic N) is 3. The molecule has 0 bridgehead atoms. The van der Waals surface area contributed by atoms with E-state index < -0.39 is 11.3 Å². The number of rotatable bonds is 1. The number of halogens is 2. The van der Waals surface area contributed by atoms with Crippen molar-refractivity contribution in [1.29, 1.82) is 0 Å². The summed E-state index contributed by atoms with van der Waals surface area (Å²) in [6, 6.07) is 5.27. The summed E-state index contributed by atoms with van der Waals surface area (Å²) in [6.07, 6.45) is 1.60. The molecule has 1 aliphatic heterocycles. The summed E-state index contributed by atoms with van der Waals surface area (Å²) in [6.45, 7) is 0.332. The van der Waals surface area contributed by atoms with Crippen LogP contribution in [0.5, 0.6) is 0 Å². The molecule has 0 unspecified atom stereocenters. The third-order valence-electron chi connectivity index (χ3n) is 4.46. The van der Waals surface area contributed by atoms with Crippen LogP contribution in [0, 0.1) is 5.41 Å². The van der Waals surface area contributed by atoms with Crippen LogP contribution in [0.3, 0.4) is 0 Å². The van der Waals surface area contributed by atoms with Crippen molar-refractivity contribution in [2.24, 2.45) is 12.5 Å². The number of carbonyl (C=O) groups is 1. The summed E-state index contributed by atoms with van der Waals surface area (Å²) < 4.78 is 28.1. The largest absolute Gasteiger partial charge is 0.337 e. The molecule has 1 amide bonds. The predicted molar refractivity (Wildman–Crippen MR) is 68.6 cm³/mol. The summed E-state index contributed by atoms with van der Waals surface area (Å²) in [4.78, 5) is 17.9. The molecule has 2 fully saturated rings. The molecule has 20 heavy (non-hydrogen) atoms. The van der Waals surface area contributed by atoms with Crippen LogP contribution in [0.15, 0.2) is 24.5 Å². The third kappa shape index (κ3) is 1.39. The Kier molecular flexibility index (Phi) is 1.99. The van der Waals surface area contributed by atoms with Crippen molar-refractivity contribution >= 4 is 16.9 Å². The molecule has 1 spiro atoms. The number of alkyl halides is 2. The maximum absolute atomic E-state index is 13.1. The van der Waals surface area contributed by atoms with Gasteiger partial charge in [-0.15, -0.1) is 0 Å². The molecule has 104 valence electrons. The predicted octanol–water partition coefficient (Wildman–Crippen LogP) is 2.05. The number of carbonyl (C=O) groups excluding carboxylic acids is 1. The first-order valence-corrected chi connectivity index (χ1v) is 6.50. The highest BCUT2D eigenvalue weighted by Gasteiger charge is 2.76. The number of aromatic nitrogens is 2. The van der Waals surface area contributed by atoms with E-state index >= 15 is 0 Å². The molecule has 1 aliphatic carbocycles. The van der Waals surface area contributed by atoms with E-state index in [-0.39, 0.29) is 25.4 Å². The molecule has 4 rings (SSSR count). The number of amides is 1. The Morgan fingerprint density at radius 2 is 2.05 bits per heavy atom. The Hall–Kier alpha value is -1.98. The third-order valence-corrected chi connectivity index (χ3v) is 4.46. The van der Waals surface area contributed by atoms with Gasteiger partial charge in [-0.2, -0.15) is 0 Å². The zero-order valence-electron chi connectivity index (χ0n) is 10.9. The second-order valence-electron chi connectivity index (χ2n) is 5.88. The first-order chi connectivity index (χ1) is 9.42. The monoisotopic (exact) mass is 277 g/mol. The van der Waals surface area contributed by atoms with Gasteiger partial charge in [0.25, 0.3) is 11.8 Å².